The standard InChI is InChI=1S/C11H15NO3S/c1-2-9(8-16)7-15-11-6-4-3-5-10(11)12(13)14/h3-6,9,16H,2,7-8H2,1H3. The number of para-hydroxylation sites is 2. The first-order chi connectivity index (χ1) is 7.69. The van der Waals surface area contributed by atoms with E-state index in [1.807, 2.05) is 6.92 Å². The van der Waals surface area contributed by atoms with Gasteiger partial charge in [-0.2, -0.15) is 12.6 Å². The highest BCUT2D eigenvalue weighted by Crippen LogP contribution is 2.26. The Morgan fingerprint density at radius 1 is 1.50 bits per heavy atom. The Labute approximate surface area is 100 Å². The normalized spacial score (nSPS) is 12.1. The Balaban J connectivity index is 2.69. The fraction of sp³-hybridized carbons (Fsp3) is 0.455. The van der Waals surface area contributed by atoms with Gasteiger partial charge in [0.2, 0.25) is 0 Å². The topological polar surface area (TPSA) is 52.4 Å². The van der Waals surface area contributed by atoms with Crippen molar-refractivity contribution in [2.45, 2.75) is 13.3 Å². The SMILES string of the molecule is CCC(CS)COc1ccccc1[N+](=O)[O-]. The molecule has 88 valence electrons. The summed E-state index contributed by atoms with van der Waals surface area (Å²) in [5.74, 6) is 1.37. The zero-order valence-electron chi connectivity index (χ0n) is 9.13. The minimum absolute atomic E-state index is 0.0107. The van der Waals surface area contributed by atoms with Crippen molar-refractivity contribution in [1.29, 1.82) is 0 Å². The van der Waals surface area contributed by atoms with Crippen LogP contribution in [0, 0.1) is 16.0 Å². The summed E-state index contributed by atoms with van der Waals surface area (Å²) in [4.78, 5) is 10.3. The van der Waals surface area contributed by atoms with Crippen molar-refractivity contribution in [3.05, 3.63) is 34.4 Å². The van der Waals surface area contributed by atoms with E-state index in [2.05, 4.69) is 12.6 Å². The molecule has 0 aromatic heterocycles. The zero-order valence-corrected chi connectivity index (χ0v) is 10.0. The monoisotopic (exact) mass is 241 g/mol. The van der Waals surface area contributed by atoms with Crippen LogP contribution in [0.25, 0.3) is 0 Å². The molecule has 0 heterocycles. The maximum atomic E-state index is 10.7. The maximum Gasteiger partial charge on any atom is 0.310 e. The third-order valence-electron chi connectivity index (χ3n) is 2.37. The van der Waals surface area contributed by atoms with Gasteiger partial charge in [-0.15, -0.1) is 0 Å². The van der Waals surface area contributed by atoms with Crippen molar-refractivity contribution in [1.82, 2.24) is 0 Å². The molecule has 16 heavy (non-hydrogen) atoms. The van der Waals surface area contributed by atoms with Crippen LogP contribution < -0.4 is 4.74 Å². The lowest BCUT2D eigenvalue weighted by atomic mass is 10.1. The molecule has 0 aliphatic heterocycles. The highest BCUT2D eigenvalue weighted by molar-refractivity contribution is 7.80. The minimum Gasteiger partial charge on any atom is -0.486 e. The van der Waals surface area contributed by atoms with Crippen molar-refractivity contribution < 1.29 is 9.66 Å². The van der Waals surface area contributed by atoms with E-state index in [0.717, 1.165) is 12.2 Å². The summed E-state index contributed by atoms with van der Waals surface area (Å²) in [6.45, 7) is 2.51. The van der Waals surface area contributed by atoms with Gasteiger partial charge in [0, 0.05) is 12.0 Å². The van der Waals surface area contributed by atoms with Crippen molar-refractivity contribution in [3.8, 4) is 5.75 Å². The number of hydrogen-bond acceptors (Lipinski definition) is 4. The largest absolute Gasteiger partial charge is 0.486 e. The second-order valence-electron chi connectivity index (χ2n) is 3.49. The summed E-state index contributed by atoms with van der Waals surface area (Å²) < 4.78 is 5.45. The molecular weight excluding hydrogens is 226 g/mol. The third-order valence-corrected chi connectivity index (χ3v) is 2.89. The quantitative estimate of drug-likeness (QED) is 0.473. The van der Waals surface area contributed by atoms with E-state index in [1.54, 1.807) is 18.2 Å². The lowest BCUT2D eigenvalue weighted by Gasteiger charge is -2.13. The van der Waals surface area contributed by atoms with Crippen molar-refractivity contribution >= 4 is 18.3 Å². The van der Waals surface area contributed by atoms with Crippen LogP contribution >= 0.6 is 12.6 Å². The first-order valence-electron chi connectivity index (χ1n) is 5.16. The number of ether oxygens (including phenoxy) is 1. The summed E-state index contributed by atoms with van der Waals surface area (Å²) in [5.41, 5.74) is 0.0107. The molecule has 0 saturated carbocycles. The molecule has 0 aliphatic rings. The highest BCUT2D eigenvalue weighted by atomic mass is 32.1. The number of nitro groups is 1. The molecule has 0 N–H and O–H groups in total. The molecule has 0 bridgehead atoms. The van der Waals surface area contributed by atoms with Gasteiger partial charge in [-0.05, 0) is 18.2 Å². The fourth-order valence-electron chi connectivity index (χ4n) is 1.24. The van der Waals surface area contributed by atoms with Crippen molar-refractivity contribution in [2.75, 3.05) is 12.4 Å². The molecule has 1 rings (SSSR count). The average Bonchev–Trinajstić information content (AvgIpc) is 2.30. The number of rotatable bonds is 6. The third kappa shape index (κ3) is 3.41. The highest BCUT2D eigenvalue weighted by Gasteiger charge is 2.14. The first kappa shape index (κ1) is 12.8. The van der Waals surface area contributed by atoms with Crippen LogP contribution in [0.4, 0.5) is 5.69 Å². The number of nitro benzene ring substituents is 1. The number of nitrogens with zero attached hydrogens (tertiary/aromatic N) is 1. The molecule has 0 spiro atoms. The zero-order chi connectivity index (χ0) is 12.0. The van der Waals surface area contributed by atoms with E-state index in [4.69, 9.17) is 4.74 Å². The average molecular weight is 241 g/mol. The van der Waals surface area contributed by atoms with Crippen molar-refractivity contribution in [2.24, 2.45) is 5.92 Å². The first-order valence-corrected chi connectivity index (χ1v) is 5.79. The van der Waals surface area contributed by atoms with Gasteiger partial charge in [0.05, 0.1) is 11.5 Å². The maximum absolute atomic E-state index is 10.7. The summed E-state index contributed by atoms with van der Waals surface area (Å²) in [6.07, 6.45) is 0.949. The number of thiol groups is 1. The summed E-state index contributed by atoms with van der Waals surface area (Å²) in [5, 5.41) is 10.7. The van der Waals surface area contributed by atoms with Crippen LogP contribution in [0.3, 0.4) is 0 Å². The molecule has 0 amide bonds. The van der Waals surface area contributed by atoms with Gasteiger partial charge in [0.15, 0.2) is 5.75 Å². The predicted octanol–water partition coefficient (Wildman–Crippen LogP) is 2.93. The molecule has 0 aliphatic carbocycles. The molecule has 4 nitrogen and oxygen atoms in total. The molecule has 1 unspecified atom stereocenters. The molecule has 0 saturated heterocycles. The van der Waals surface area contributed by atoms with Crippen LogP contribution in [-0.4, -0.2) is 17.3 Å². The van der Waals surface area contributed by atoms with Crippen molar-refractivity contribution in [3.63, 3.8) is 0 Å². The fourth-order valence-corrected chi connectivity index (χ4v) is 1.60. The Morgan fingerprint density at radius 3 is 2.75 bits per heavy atom. The Kier molecular flexibility index (Phi) is 5.11. The molecule has 1 atom stereocenters. The summed E-state index contributed by atoms with van der Waals surface area (Å²) in [7, 11) is 0. The summed E-state index contributed by atoms with van der Waals surface area (Å²) >= 11 is 4.19. The Morgan fingerprint density at radius 2 is 2.19 bits per heavy atom. The molecule has 0 fully saturated rings. The second-order valence-corrected chi connectivity index (χ2v) is 3.86. The molecule has 0 radical (unpaired) electrons. The lowest BCUT2D eigenvalue weighted by Crippen LogP contribution is -2.13. The van der Waals surface area contributed by atoms with E-state index in [1.165, 1.54) is 6.07 Å². The van der Waals surface area contributed by atoms with Gasteiger partial charge >= 0.3 is 5.69 Å². The van der Waals surface area contributed by atoms with Crippen LogP contribution in [0.2, 0.25) is 0 Å². The predicted molar refractivity (Wildman–Crippen MR) is 66.2 cm³/mol. The van der Waals surface area contributed by atoms with E-state index < -0.39 is 4.92 Å². The smallest absolute Gasteiger partial charge is 0.310 e. The van der Waals surface area contributed by atoms with E-state index in [9.17, 15) is 10.1 Å². The number of hydrogen-bond donors (Lipinski definition) is 1. The van der Waals surface area contributed by atoms with Crippen LogP contribution in [-0.2, 0) is 0 Å². The van der Waals surface area contributed by atoms with Crippen LogP contribution in [0.5, 0.6) is 5.75 Å². The lowest BCUT2D eigenvalue weighted by molar-refractivity contribution is -0.385. The Bertz CT molecular complexity index is 353. The molecule has 1 aromatic carbocycles. The summed E-state index contributed by atoms with van der Waals surface area (Å²) in [6, 6.07) is 6.41. The number of benzene rings is 1. The molecule has 1 aromatic rings. The van der Waals surface area contributed by atoms with Gasteiger partial charge < -0.3 is 4.74 Å². The van der Waals surface area contributed by atoms with E-state index >= 15 is 0 Å². The minimum atomic E-state index is -0.434. The molecule has 5 heteroatoms. The van der Waals surface area contributed by atoms with E-state index in [-0.39, 0.29) is 5.69 Å². The Hall–Kier alpha value is -1.23. The van der Waals surface area contributed by atoms with Gasteiger partial charge in [-0.25, -0.2) is 0 Å². The van der Waals surface area contributed by atoms with Gasteiger partial charge in [-0.1, -0.05) is 19.1 Å². The molecular formula is C11H15NO3S. The van der Waals surface area contributed by atoms with Gasteiger partial charge in [0.25, 0.3) is 0 Å². The van der Waals surface area contributed by atoms with Gasteiger partial charge in [0.1, 0.15) is 0 Å². The van der Waals surface area contributed by atoms with Crippen LogP contribution in [0.1, 0.15) is 13.3 Å². The van der Waals surface area contributed by atoms with Crippen LogP contribution in [0.15, 0.2) is 24.3 Å². The van der Waals surface area contributed by atoms with E-state index in [0.29, 0.717) is 18.3 Å². The van der Waals surface area contributed by atoms with Gasteiger partial charge in [-0.3, -0.25) is 10.1 Å². The second kappa shape index (κ2) is 6.37.